The molecule has 1 aromatic rings. The second-order valence-corrected chi connectivity index (χ2v) is 8.53. The quantitative estimate of drug-likeness (QED) is 0.572. The van der Waals surface area contributed by atoms with Gasteiger partial charge in [0.1, 0.15) is 0 Å². The predicted octanol–water partition coefficient (Wildman–Crippen LogP) is 1.90. The normalized spacial score (nSPS) is 12.7. The third-order valence-electron chi connectivity index (χ3n) is 3.64. The van der Waals surface area contributed by atoms with Crippen LogP contribution in [-0.4, -0.2) is 52.7 Å². The van der Waals surface area contributed by atoms with E-state index in [1.165, 1.54) is 6.26 Å². The number of guanidine groups is 1. The SMILES string of the molecule is CCOc1ccc(NC(=NC)NCC(C)(C)S(C)(=O)=O)cc1OC. The summed E-state index contributed by atoms with van der Waals surface area (Å²) < 4.78 is 33.4. The monoisotopic (exact) mass is 357 g/mol. The van der Waals surface area contributed by atoms with E-state index in [1.54, 1.807) is 40.1 Å². The van der Waals surface area contributed by atoms with Crippen LogP contribution in [0.15, 0.2) is 23.2 Å². The first-order chi connectivity index (χ1) is 11.1. The minimum absolute atomic E-state index is 0.236. The van der Waals surface area contributed by atoms with Gasteiger partial charge in [0.15, 0.2) is 27.3 Å². The highest BCUT2D eigenvalue weighted by molar-refractivity contribution is 7.92. The number of methoxy groups -OCH3 is 1. The predicted molar refractivity (Wildman–Crippen MR) is 98.1 cm³/mol. The zero-order valence-electron chi connectivity index (χ0n) is 15.1. The van der Waals surface area contributed by atoms with Gasteiger partial charge in [-0.3, -0.25) is 4.99 Å². The summed E-state index contributed by atoms with van der Waals surface area (Å²) in [5.74, 6) is 1.73. The Morgan fingerprint density at radius 2 is 1.96 bits per heavy atom. The number of nitrogens with zero attached hydrogens (tertiary/aromatic N) is 1. The highest BCUT2D eigenvalue weighted by atomic mass is 32.2. The van der Waals surface area contributed by atoms with Gasteiger partial charge in [0.05, 0.1) is 18.5 Å². The van der Waals surface area contributed by atoms with E-state index in [9.17, 15) is 8.42 Å². The summed E-state index contributed by atoms with van der Waals surface area (Å²) in [6, 6.07) is 5.43. The van der Waals surface area contributed by atoms with Crippen LogP contribution in [0.3, 0.4) is 0 Å². The summed E-state index contributed by atoms with van der Waals surface area (Å²) in [6.45, 7) is 6.03. The second kappa shape index (κ2) is 8.23. The molecule has 0 saturated heterocycles. The number of benzene rings is 1. The number of nitrogens with one attached hydrogen (secondary N) is 2. The van der Waals surface area contributed by atoms with Crippen molar-refractivity contribution in [1.29, 1.82) is 0 Å². The molecule has 0 amide bonds. The first kappa shape index (κ1) is 20.1. The molecule has 0 aromatic heterocycles. The molecular formula is C16H27N3O4S. The first-order valence-electron chi connectivity index (χ1n) is 7.62. The van der Waals surface area contributed by atoms with Crippen LogP contribution in [0.1, 0.15) is 20.8 Å². The Hall–Kier alpha value is -1.96. The van der Waals surface area contributed by atoms with Crippen LogP contribution in [0.25, 0.3) is 0 Å². The topological polar surface area (TPSA) is 89.0 Å². The van der Waals surface area contributed by atoms with E-state index < -0.39 is 14.6 Å². The van der Waals surface area contributed by atoms with Crippen molar-refractivity contribution in [2.45, 2.75) is 25.5 Å². The lowest BCUT2D eigenvalue weighted by Gasteiger charge is -2.24. The molecule has 7 nitrogen and oxygen atoms in total. The van der Waals surface area contributed by atoms with Crippen molar-refractivity contribution in [3.8, 4) is 11.5 Å². The molecular weight excluding hydrogens is 330 g/mol. The average Bonchev–Trinajstić information content (AvgIpc) is 2.51. The molecule has 0 aliphatic rings. The van der Waals surface area contributed by atoms with Gasteiger partial charge in [0.2, 0.25) is 0 Å². The van der Waals surface area contributed by atoms with Gasteiger partial charge in [0, 0.05) is 31.6 Å². The average molecular weight is 357 g/mol. The van der Waals surface area contributed by atoms with Crippen molar-refractivity contribution >= 4 is 21.5 Å². The number of aliphatic imine (C=N–C) groups is 1. The minimum Gasteiger partial charge on any atom is -0.493 e. The summed E-state index contributed by atoms with van der Waals surface area (Å²) in [5, 5.41) is 6.13. The van der Waals surface area contributed by atoms with Crippen molar-refractivity contribution < 1.29 is 17.9 Å². The molecule has 0 spiro atoms. The van der Waals surface area contributed by atoms with Crippen LogP contribution >= 0.6 is 0 Å². The van der Waals surface area contributed by atoms with Gasteiger partial charge in [-0.25, -0.2) is 8.42 Å². The third-order valence-corrected chi connectivity index (χ3v) is 5.79. The summed E-state index contributed by atoms with van der Waals surface area (Å²) in [4.78, 5) is 4.11. The molecule has 1 aromatic carbocycles. The highest BCUT2D eigenvalue weighted by Crippen LogP contribution is 2.30. The Labute approximate surface area is 144 Å². The number of hydrogen-bond acceptors (Lipinski definition) is 5. The van der Waals surface area contributed by atoms with E-state index in [0.717, 1.165) is 5.69 Å². The first-order valence-corrected chi connectivity index (χ1v) is 9.52. The van der Waals surface area contributed by atoms with Crippen molar-refractivity contribution in [2.75, 3.05) is 38.9 Å². The molecule has 0 bridgehead atoms. The molecule has 1 rings (SSSR count). The maximum absolute atomic E-state index is 11.8. The molecule has 0 fully saturated rings. The standard InChI is InChI=1S/C16H27N3O4S/c1-7-23-13-9-8-12(10-14(13)22-5)19-15(17-4)18-11-16(2,3)24(6,20)21/h8-10H,7,11H2,1-6H3,(H2,17,18,19). The Balaban J connectivity index is 2.83. The lowest BCUT2D eigenvalue weighted by atomic mass is 10.2. The zero-order valence-corrected chi connectivity index (χ0v) is 16.0. The van der Waals surface area contributed by atoms with Gasteiger partial charge in [-0.05, 0) is 32.9 Å². The molecule has 0 unspecified atom stereocenters. The Morgan fingerprint density at radius 1 is 1.29 bits per heavy atom. The second-order valence-electron chi connectivity index (χ2n) is 5.88. The van der Waals surface area contributed by atoms with Gasteiger partial charge in [-0.2, -0.15) is 0 Å². The zero-order chi connectivity index (χ0) is 18.4. The number of hydrogen-bond donors (Lipinski definition) is 2. The lowest BCUT2D eigenvalue weighted by molar-refractivity contribution is 0.311. The Morgan fingerprint density at radius 3 is 2.46 bits per heavy atom. The van der Waals surface area contributed by atoms with Gasteiger partial charge in [-0.1, -0.05) is 0 Å². The largest absolute Gasteiger partial charge is 0.493 e. The molecule has 0 heterocycles. The Kier molecular flexibility index (Phi) is 6.89. The highest BCUT2D eigenvalue weighted by Gasteiger charge is 2.30. The van der Waals surface area contributed by atoms with E-state index in [1.807, 2.05) is 13.0 Å². The number of ether oxygens (including phenoxy) is 2. The van der Waals surface area contributed by atoms with Crippen molar-refractivity contribution in [3.63, 3.8) is 0 Å². The number of sulfone groups is 1. The van der Waals surface area contributed by atoms with Crippen molar-refractivity contribution in [2.24, 2.45) is 4.99 Å². The van der Waals surface area contributed by atoms with Crippen molar-refractivity contribution in [3.05, 3.63) is 18.2 Å². The van der Waals surface area contributed by atoms with E-state index in [4.69, 9.17) is 9.47 Å². The molecule has 8 heteroatoms. The fourth-order valence-electron chi connectivity index (χ4n) is 1.76. The lowest BCUT2D eigenvalue weighted by Crippen LogP contribution is -2.45. The maximum atomic E-state index is 11.8. The molecule has 2 N–H and O–H groups in total. The summed E-state index contributed by atoms with van der Waals surface area (Å²) in [5.41, 5.74) is 0.751. The van der Waals surface area contributed by atoms with Gasteiger partial charge in [0.25, 0.3) is 0 Å². The van der Waals surface area contributed by atoms with E-state index in [-0.39, 0.29) is 6.54 Å². The molecule has 0 aliphatic heterocycles. The smallest absolute Gasteiger partial charge is 0.195 e. The van der Waals surface area contributed by atoms with Crippen LogP contribution in [0, 0.1) is 0 Å². The molecule has 24 heavy (non-hydrogen) atoms. The van der Waals surface area contributed by atoms with Crippen LogP contribution in [0.4, 0.5) is 5.69 Å². The summed E-state index contributed by atoms with van der Waals surface area (Å²) >= 11 is 0. The molecule has 136 valence electrons. The molecule has 0 saturated carbocycles. The number of rotatable bonds is 7. The molecule has 0 radical (unpaired) electrons. The van der Waals surface area contributed by atoms with E-state index in [0.29, 0.717) is 24.1 Å². The van der Waals surface area contributed by atoms with Crippen LogP contribution in [0.2, 0.25) is 0 Å². The van der Waals surface area contributed by atoms with Crippen LogP contribution < -0.4 is 20.1 Å². The third kappa shape index (κ3) is 5.30. The van der Waals surface area contributed by atoms with Gasteiger partial charge in [-0.15, -0.1) is 0 Å². The fourth-order valence-corrected chi connectivity index (χ4v) is 2.10. The van der Waals surface area contributed by atoms with Crippen LogP contribution in [0.5, 0.6) is 11.5 Å². The summed E-state index contributed by atoms with van der Waals surface area (Å²) in [7, 11) is 0.00884. The maximum Gasteiger partial charge on any atom is 0.195 e. The minimum atomic E-state index is -3.18. The molecule has 0 aliphatic carbocycles. The van der Waals surface area contributed by atoms with Gasteiger partial charge < -0.3 is 20.1 Å². The fraction of sp³-hybridized carbons (Fsp3) is 0.562. The van der Waals surface area contributed by atoms with Gasteiger partial charge >= 0.3 is 0 Å². The van der Waals surface area contributed by atoms with Crippen LogP contribution in [-0.2, 0) is 9.84 Å². The van der Waals surface area contributed by atoms with E-state index >= 15 is 0 Å². The number of anilines is 1. The molecule has 0 atom stereocenters. The van der Waals surface area contributed by atoms with Crippen molar-refractivity contribution in [1.82, 2.24) is 5.32 Å². The van der Waals surface area contributed by atoms with E-state index in [2.05, 4.69) is 15.6 Å². The Bertz CT molecular complexity index is 685. The summed E-state index contributed by atoms with van der Waals surface area (Å²) in [6.07, 6.45) is 1.22.